The van der Waals surface area contributed by atoms with E-state index in [0.29, 0.717) is 12.5 Å². The van der Waals surface area contributed by atoms with Crippen LogP contribution in [0.4, 0.5) is 0 Å². The van der Waals surface area contributed by atoms with Crippen LogP contribution in [0.2, 0.25) is 0 Å². The van der Waals surface area contributed by atoms with Crippen LogP contribution in [0.1, 0.15) is 27.2 Å². The molecule has 0 saturated carbocycles. The highest BCUT2D eigenvalue weighted by atomic mass is 16.3. The predicted octanol–water partition coefficient (Wildman–Crippen LogP) is -0.750. The zero-order chi connectivity index (χ0) is 10.2. The van der Waals surface area contributed by atoms with Crippen molar-refractivity contribution in [3.63, 3.8) is 0 Å². The molecule has 13 heavy (non-hydrogen) atoms. The molecule has 0 aromatic rings. The maximum Gasteiger partial charge on any atom is 0.162 e. The number of carbonyl (C=O) groups is 1. The molecule has 1 saturated heterocycles. The van der Waals surface area contributed by atoms with Gasteiger partial charge in [-0.3, -0.25) is 4.79 Å². The summed E-state index contributed by atoms with van der Waals surface area (Å²) in [6.07, 6.45) is 0.593. The van der Waals surface area contributed by atoms with Crippen molar-refractivity contribution in [3.8, 4) is 0 Å². The first-order chi connectivity index (χ1) is 5.88. The lowest BCUT2D eigenvalue weighted by atomic mass is 9.77. The summed E-state index contributed by atoms with van der Waals surface area (Å²) >= 11 is 0. The normalized spacial score (nSPS) is 46.1. The molecule has 0 spiro atoms. The molecule has 76 valence electrons. The Labute approximate surface area is 79.7 Å². The molecule has 0 bridgehead atoms. The van der Waals surface area contributed by atoms with Crippen molar-refractivity contribution >= 4 is 5.78 Å². The second-order valence-corrected chi connectivity index (χ2v) is 4.54. The molecule has 0 aliphatic carbocycles. The van der Waals surface area contributed by atoms with Gasteiger partial charge in [-0.1, -0.05) is 6.92 Å². The SMILES string of the molecule is CC(=O)[C@]1(O)C[C@@H](C)[NH+](C)C[C@H]1C. The van der Waals surface area contributed by atoms with E-state index < -0.39 is 5.60 Å². The van der Waals surface area contributed by atoms with Crippen molar-refractivity contribution in [2.24, 2.45) is 5.92 Å². The number of nitrogens with one attached hydrogen (secondary N) is 1. The second kappa shape index (κ2) is 3.39. The summed E-state index contributed by atoms with van der Waals surface area (Å²) in [5, 5.41) is 10.1. The van der Waals surface area contributed by atoms with Gasteiger partial charge in [0.05, 0.1) is 19.6 Å². The van der Waals surface area contributed by atoms with Crippen LogP contribution in [-0.4, -0.2) is 36.1 Å². The quantitative estimate of drug-likeness (QED) is 0.566. The number of hydrogen-bond acceptors (Lipinski definition) is 2. The summed E-state index contributed by atoms with van der Waals surface area (Å²) < 4.78 is 0. The Morgan fingerprint density at radius 3 is 2.54 bits per heavy atom. The third kappa shape index (κ3) is 1.76. The van der Waals surface area contributed by atoms with Crippen molar-refractivity contribution in [2.45, 2.75) is 38.8 Å². The molecule has 3 heteroatoms. The summed E-state index contributed by atoms with van der Waals surface area (Å²) in [6.45, 7) is 6.40. The van der Waals surface area contributed by atoms with Gasteiger partial charge in [-0.15, -0.1) is 0 Å². The summed E-state index contributed by atoms with van der Waals surface area (Å²) in [6, 6.07) is 0.366. The smallest absolute Gasteiger partial charge is 0.162 e. The van der Waals surface area contributed by atoms with Crippen molar-refractivity contribution in [1.29, 1.82) is 0 Å². The second-order valence-electron chi connectivity index (χ2n) is 4.54. The Balaban J connectivity index is 2.82. The van der Waals surface area contributed by atoms with Gasteiger partial charge in [-0.05, 0) is 13.8 Å². The van der Waals surface area contributed by atoms with Crippen LogP contribution in [-0.2, 0) is 4.79 Å². The molecular formula is C10H20NO2+. The van der Waals surface area contributed by atoms with Gasteiger partial charge in [-0.25, -0.2) is 0 Å². The minimum atomic E-state index is -1.07. The average Bonchev–Trinajstić information content (AvgIpc) is 2.01. The number of piperidine rings is 1. The molecular weight excluding hydrogens is 166 g/mol. The first kappa shape index (κ1) is 10.7. The maximum atomic E-state index is 11.3. The minimum absolute atomic E-state index is 0.0706. The monoisotopic (exact) mass is 186 g/mol. The standard InChI is InChI=1S/C10H19NO2/c1-7-6-11(4)8(2)5-10(7,13)9(3)12/h7-8,13H,5-6H2,1-4H3/p+1/t7-,8-,10+/m1/s1. The van der Waals surface area contributed by atoms with Crippen LogP contribution in [0.5, 0.6) is 0 Å². The topological polar surface area (TPSA) is 41.7 Å². The van der Waals surface area contributed by atoms with E-state index in [2.05, 4.69) is 14.0 Å². The van der Waals surface area contributed by atoms with Crippen molar-refractivity contribution in [3.05, 3.63) is 0 Å². The number of hydrogen-bond donors (Lipinski definition) is 2. The maximum absolute atomic E-state index is 11.3. The Bertz CT molecular complexity index is 217. The summed E-state index contributed by atoms with van der Waals surface area (Å²) in [5.74, 6) is -0.0134. The van der Waals surface area contributed by atoms with Crippen LogP contribution >= 0.6 is 0 Å². The van der Waals surface area contributed by atoms with E-state index in [1.807, 2.05) is 6.92 Å². The fourth-order valence-corrected chi connectivity index (χ4v) is 2.19. The van der Waals surface area contributed by atoms with E-state index in [1.54, 1.807) is 0 Å². The Morgan fingerprint density at radius 1 is 1.54 bits per heavy atom. The van der Waals surface area contributed by atoms with E-state index >= 15 is 0 Å². The van der Waals surface area contributed by atoms with Crippen LogP contribution < -0.4 is 4.90 Å². The molecule has 2 N–H and O–H groups in total. The number of carbonyl (C=O) groups excluding carboxylic acids is 1. The molecule has 3 nitrogen and oxygen atoms in total. The summed E-state index contributed by atoms with van der Waals surface area (Å²) in [5.41, 5.74) is -1.07. The molecule has 0 aromatic heterocycles. The third-order valence-corrected chi connectivity index (χ3v) is 3.51. The number of rotatable bonds is 1. The van der Waals surface area contributed by atoms with Crippen LogP contribution in [0.25, 0.3) is 0 Å². The highest BCUT2D eigenvalue weighted by Crippen LogP contribution is 2.25. The molecule has 4 atom stereocenters. The zero-order valence-corrected chi connectivity index (χ0v) is 8.92. The number of likely N-dealkylation sites (tertiary alicyclic amines) is 1. The average molecular weight is 186 g/mol. The third-order valence-electron chi connectivity index (χ3n) is 3.51. The lowest BCUT2D eigenvalue weighted by Crippen LogP contribution is -3.15. The van der Waals surface area contributed by atoms with Crippen molar-refractivity contribution in [2.75, 3.05) is 13.6 Å². The minimum Gasteiger partial charge on any atom is -0.381 e. The van der Waals surface area contributed by atoms with Gasteiger partial charge in [0.2, 0.25) is 0 Å². The number of quaternary nitrogens is 1. The van der Waals surface area contributed by atoms with Crippen LogP contribution in [0.3, 0.4) is 0 Å². The van der Waals surface area contributed by atoms with E-state index in [4.69, 9.17) is 0 Å². The first-order valence-corrected chi connectivity index (χ1v) is 4.93. The lowest BCUT2D eigenvalue weighted by molar-refractivity contribution is -0.915. The largest absolute Gasteiger partial charge is 0.381 e. The van der Waals surface area contributed by atoms with Crippen molar-refractivity contribution < 1.29 is 14.8 Å². The summed E-state index contributed by atoms with van der Waals surface area (Å²) in [7, 11) is 2.11. The lowest BCUT2D eigenvalue weighted by Gasteiger charge is -2.41. The number of aliphatic hydroxyl groups is 1. The Hall–Kier alpha value is -0.410. The highest BCUT2D eigenvalue weighted by molar-refractivity contribution is 5.85. The first-order valence-electron chi connectivity index (χ1n) is 4.93. The van der Waals surface area contributed by atoms with Gasteiger partial charge in [0.15, 0.2) is 5.78 Å². The van der Waals surface area contributed by atoms with Gasteiger partial charge in [-0.2, -0.15) is 0 Å². The number of ketones is 1. The zero-order valence-electron chi connectivity index (χ0n) is 8.92. The summed E-state index contributed by atoms with van der Waals surface area (Å²) in [4.78, 5) is 12.7. The van der Waals surface area contributed by atoms with Gasteiger partial charge in [0.25, 0.3) is 0 Å². The molecule has 1 aliphatic rings. The Kier molecular flexibility index (Phi) is 2.78. The van der Waals surface area contributed by atoms with Gasteiger partial charge in [0, 0.05) is 12.3 Å². The molecule has 0 amide bonds. The van der Waals surface area contributed by atoms with Crippen LogP contribution in [0.15, 0.2) is 0 Å². The fraction of sp³-hybridized carbons (Fsp3) is 0.900. The van der Waals surface area contributed by atoms with Crippen LogP contribution in [0, 0.1) is 5.92 Å². The molecule has 1 aliphatic heterocycles. The predicted molar refractivity (Wildman–Crippen MR) is 50.6 cm³/mol. The van der Waals surface area contributed by atoms with E-state index in [-0.39, 0.29) is 11.7 Å². The molecule has 0 aromatic carbocycles. The van der Waals surface area contributed by atoms with E-state index in [1.165, 1.54) is 11.8 Å². The number of Topliss-reactive ketones (excluding diaryl/α,β-unsaturated/α-hetero) is 1. The fourth-order valence-electron chi connectivity index (χ4n) is 2.19. The Morgan fingerprint density at radius 2 is 2.08 bits per heavy atom. The van der Waals surface area contributed by atoms with Gasteiger partial charge >= 0.3 is 0 Å². The molecule has 1 rings (SSSR count). The van der Waals surface area contributed by atoms with E-state index in [0.717, 1.165) is 6.54 Å². The van der Waals surface area contributed by atoms with E-state index in [9.17, 15) is 9.90 Å². The molecule has 1 unspecified atom stereocenters. The van der Waals surface area contributed by atoms with Gasteiger partial charge < -0.3 is 10.0 Å². The highest BCUT2D eigenvalue weighted by Gasteiger charge is 2.46. The molecule has 1 heterocycles. The van der Waals surface area contributed by atoms with Crippen molar-refractivity contribution in [1.82, 2.24) is 0 Å². The molecule has 1 fully saturated rings. The molecule has 0 radical (unpaired) electrons. The van der Waals surface area contributed by atoms with Gasteiger partial charge in [0.1, 0.15) is 5.60 Å².